The van der Waals surface area contributed by atoms with Gasteiger partial charge in [-0.1, -0.05) is 6.07 Å². The van der Waals surface area contributed by atoms with E-state index < -0.39 is 23.7 Å². The van der Waals surface area contributed by atoms with Crippen molar-refractivity contribution in [2.75, 3.05) is 29.5 Å². The molecule has 0 aliphatic carbocycles. The molecule has 0 radical (unpaired) electrons. The number of anilines is 3. The number of amides is 2. The van der Waals surface area contributed by atoms with Crippen molar-refractivity contribution in [2.24, 2.45) is 0 Å². The number of carbonyl (C=O) groups is 2. The van der Waals surface area contributed by atoms with Crippen molar-refractivity contribution in [1.29, 1.82) is 0 Å². The summed E-state index contributed by atoms with van der Waals surface area (Å²) in [4.78, 5) is 36.1. The molecule has 186 valence electrons. The predicted octanol–water partition coefficient (Wildman–Crippen LogP) is 2.76. The second-order valence-electron chi connectivity index (χ2n) is 8.55. The van der Waals surface area contributed by atoms with Gasteiger partial charge in [0.2, 0.25) is 0 Å². The van der Waals surface area contributed by atoms with E-state index in [4.69, 9.17) is 15.2 Å². The van der Waals surface area contributed by atoms with Gasteiger partial charge < -0.3 is 30.7 Å². The van der Waals surface area contributed by atoms with Crippen LogP contribution in [0.3, 0.4) is 0 Å². The molecular weight excluding hydrogens is 467 g/mol. The summed E-state index contributed by atoms with van der Waals surface area (Å²) in [5, 5.41) is 5.87. The fourth-order valence-corrected chi connectivity index (χ4v) is 4.31. The number of hydrogen-bond acceptors (Lipinski definition) is 8. The van der Waals surface area contributed by atoms with Crippen LogP contribution in [0.5, 0.6) is 5.75 Å². The minimum absolute atomic E-state index is 0.0290. The molecule has 0 spiro atoms. The molecule has 4 N–H and O–H groups in total. The van der Waals surface area contributed by atoms with Crippen molar-refractivity contribution in [3.63, 3.8) is 0 Å². The fourth-order valence-electron chi connectivity index (χ4n) is 4.31. The molecule has 3 aromatic rings. The molecule has 2 amide bonds. The van der Waals surface area contributed by atoms with Gasteiger partial charge in [0.25, 0.3) is 0 Å². The molecular formula is C25H25FN6O4. The molecule has 1 atom stereocenters. The maximum absolute atomic E-state index is 14.6. The Bertz CT molecular complexity index is 1330. The second kappa shape index (κ2) is 9.78. The van der Waals surface area contributed by atoms with Crippen molar-refractivity contribution >= 4 is 29.0 Å². The molecule has 36 heavy (non-hydrogen) atoms. The van der Waals surface area contributed by atoms with E-state index in [1.54, 1.807) is 13.0 Å². The topological polar surface area (TPSA) is 132 Å². The summed E-state index contributed by atoms with van der Waals surface area (Å²) in [6.07, 6.45) is 2.84. The lowest BCUT2D eigenvalue weighted by Gasteiger charge is -2.29. The third-order valence-electron chi connectivity index (χ3n) is 6.25. The average molecular weight is 493 g/mol. The first-order valence-electron chi connectivity index (χ1n) is 11.5. The maximum atomic E-state index is 14.6. The minimum atomic E-state index is -0.894. The number of halogens is 1. The van der Waals surface area contributed by atoms with Crippen LogP contribution in [0.2, 0.25) is 0 Å². The summed E-state index contributed by atoms with van der Waals surface area (Å²) in [6.45, 7) is 3.39. The van der Waals surface area contributed by atoms with E-state index in [0.29, 0.717) is 47.1 Å². The highest BCUT2D eigenvalue weighted by Gasteiger charge is 2.31. The number of pyridine rings is 2. The quantitative estimate of drug-likeness (QED) is 0.464. The van der Waals surface area contributed by atoms with Crippen LogP contribution in [0.4, 0.5) is 21.6 Å². The van der Waals surface area contributed by atoms with E-state index in [-0.39, 0.29) is 25.5 Å². The largest absolute Gasteiger partial charge is 0.490 e. The molecule has 0 unspecified atom stereocenters. The number of rotatable bonds is 5. The third-order valence-corrected chi connectivity index (χ3v) is 6.25. The maximum Gasteiger partial charge on any atom is 0.313 e. The van der Waals surface area contributed by atoms with E-state index in [1.807, 2.05) is 12.1 Å². The Labute approximate surface area is 206 Å². The molecule has 0 saturated carbocycles. The van der Waals surface area contributed by atoms with Crippen LogP contribution < -0.4 is 21.1 Å². The van der Waals surface area contributed by atoms with Crippen molar-refractivity contribution in [1.82, 2.24) is 14.9 Å². The Hall–Kier alpha value is -4.25. The van der Waals surface area contributed by atoms with Gasteiger partial charge in [0.15, 0.2) is 0 Å². The Morgan fingerprint density at radius 2 is 2.08 bits per heavy atom. The number of fused-ring (bicyclic) bond motifs is 2. The first kappa shape index (κ1) is 23.5. The SMILES string of the molecule is C[C@H](c1ncccc1F)N(Cc1ccc2c(c1)OCCN2)C(=O)C(=O)Nc1cnc(N)c2c1COC2. The zero-order valence-corrected chi connectivity index (χ0v) is 19.6. The summed E-state index contributed by atoms with van der Waals surface area (Å²) in [6, 6.07) is 7.38. The molecule has 0 saturated heterocycles. The van der Waals surface area contributed by atoms with Gasteiger partial charge in [-0.3, -0.25) is 14.6 Å². The minimum Gasteiger partial charge on any atom is -0.490 e. The summed E-state index contributed by atoms with van der Waals surface area (Å²) in [5.74, 6) is -1.35. The van der Waals surface area contributed by atoms with Crippen molar-refractivity contribution in [2.45, 2.75) is 32.7 Å². The van der Waals surface area contributed by atoms with Gasteiger partial charge in [0.1, 0.15) is 24.0 Å². The van der Waals surface area contributed by atoms with E-state index in [2.05, 4.69) is 20.6 Å². The first-order valence-corrected chi connectivity index (χ1v) is 11.5. The van der Waals surface area contributed by atoms with Gasteiger partial charge in [0.05, 0.1) is 42.5 Å². The normalized spacial score (nSPS) is 14.6. The predicted molar refractivity (Wildman–Crippen MR) is 129 cm³/mol. The zero-order chi connectivity index (χ0) is 25.2. The number of ether oxygens (including phenoxy) is 2. The van der Waals surface area contributed by atoms with E-state index >= 15 is 0 Å². The van der Waals surface area contributed by atoms with Gasteiger partial charge in [-0.2, -0.15) is 0 Å². The molecule has 4 heterocycles. The summed E-state index contributed by atoms with van der Waals surface area (Å²) < 4.78 is 25.7. The second-order valence-corrected chi connectivity index (χ2v) is 8.55. The molecule has 1 aromatic carbocycles. The lowest BCUT2D eigenvalue weighted by molar-refractivity contribution is -0.145. The average Bonchev–Trinajstić information content (AvgIpc) is 3.40. The van der Waals surface area contributed by atoms with Gasteiger partial charge in [-0.05, 0) is 36.8 Å². The molecule has 2 aromatic heterocycles. The number of benzene rings is 1. The Morgan fingerprint density at radius 3 is 2.92 bits per heavy atom. The highest BCUT2D eigenvalue weighted by Crippen LogP contribution is 2.32. The van der Waals surface area contributed by atoms with Crippen LogP contribution >= 0.6 is 0 Å². The van der Waals surface area contributed by atoms with E-state index in [0.717, 1.165) is 5.69 Å². The number of hydrogen-bond donors (Lipinski definition) is 3. The van der Waals surface area contributed by atoms with Crippen molar-refractivity contribution < 1.29 is 23.5 Å². The Balaban J connectivity index is 1.44. The van der Waals surface area contributed by atoms with Gasteiger partial charge in [-0.15, -0.1) is 0 Å². The molecule has 2 aliphatic heterocycles. The smallest absolute Gasteiger partial charge is 0.313 e. The number of nitrogens with zero attached hydrogens (tertiary/aromatic N) is 3. The van der Waals surface area contributed by atoms with Crippen molar-refractivity contribution in [3.8, 4) is 5.75 Å². The highest BCUT2D eigenvalue weighted by atomic mass is 19.1. The number of nitrogens with one attached hydrogen (secondary N) is 2. The van der Waals surface area contributed by atoms with Crippen LogP contribution in [0.1, 0.15) is 35.3 Å². The first-order chi connectivity index (χ1) is 17.4. The molecule has 11 heteroatoms. The number of carbonyl (C=O) groups excluding carboxylic acids is 2. The summed E-state index contributed by atoms with van der Waals surface area (Å²) in [5.41, 5.74) is 9.22. The number of aromatic nitrogens is 2. The monoisotopic (exact) mass is 492 g/mol. The molecule has 0 bridgehead atoms. The fraction of sp³-hybridized carbons (Fsp3) is 0.280. The van der Waals surface area contributed by atoms with Crippen LogP contribution in [-0.2, 0) is 34.1 Å². The van der Waals surface area contributed by atoms with E-state index in [1.165, 1.54) is 29.4 Å². The lowest BCUT2D eigenvalue weighted by Crippen LogP contribution is -2.41. The third kappa shape index (κ3) is 4.52. The van der Waals surface area contributed by atoms with Gasteiger partial charge >= 0.3 is 11.8 Å². The van der Waals surface area contributed by atoms with E-state index in [9.17, 15) is 14.0 Å². The van der Waals surface area contributed by atoms with Gasteiger partial charge in [0, 0.05) is 30.4 Å². The molecule has 0 fully saturated rings. The Kier molecular flexibility index (Phi) is 6.38. The van der Waals surface area contributed by atoms with Crippen LogP contribution in [0.25, 0.3) is 0 Å². The highest BCUT2D eigenvalue weighted by molar-refractivity contribution is 6.39. The van der Waals surface area contributed by atoms with Crippen LogP contribution in [0, 0.1) is 5.82 Å². The number of nitrogens with two attached hydrogens (primary N) is 1. The van der Waals surface area contributed by atoms with Crippen molar-refractivity contribution in [3.05, 3.63) is 70.9 Å². The molecule has 2 aliphatic rings. The van der Waals surface area contributed by atoms with Gasteiger partial charge in [-0.25, -0.2) is 9.37 Å². The Morgan fingerprint density at radius 1 is 1.25 bits per heavy atom. The molecule has 5 rings (SSSR count). The zero-order valence-electron chi connectivity index (χ0n) is 19.6. The lowest BCUT2D eigenvalue weighted by atomic mass is 10.1. The summed E-state index contributed by atoms with van der Waals surface area (Å²) in [7, 11) is 0. The molecule has 10 nitrogen and oxygen atoms in total. The van der Waals surface area contributed by atoms with Crippen LogP contribution in [0.15, 0.2) is 42.7 Å². The number of nitrogen functional groups attached to an aromatic ring is 1. The standard InChI is InChI=1S/C25H25FN6O4/c1-14(22-18(26)3-2-6-29-22)32(11-15-4-5-19-21(9-15)36-8-7-28-19)25(34)24(33)31-20-10-30-23(27)17-13-35-12-16(17)20/h2-6,9-10,14,28H,7-8,11-13H2,1H3,(H2,27,30)(H,31,33)/t14-/m1/s1. The van der Waals surface area contributed by atoms with Crippen LogP contribution in [-0.4, -0.2) is 39.8 Å². The summed E-state index contributed by atoms with van der Waals surface area (Å²) >= 11 is 0.